The third-order valence-electron chi connectivity index (χ3n) is 4.39. The first-order valence-corrected chi connectivity index (χ1v) is 7.56. The van der Waals surface area contributed by atoms with Crippen LogP contribution in [0.5, 0.6) is 0 Å². The van der Waals surface area contributed by atoms with Crippen molar-refractivity contribution in [2.45, 2.75) is 13.0 Å². The fourth-order valence-electron chi connectivity index (χ4n) is 3.18. The zero-order valence-corrected chi connectivity index (χ0v) is 12.6. The van der Waals surface area contributed by atoms with Crippen LogP contribution < -0.4 is 0 Å². The van der Waals surface area contributed by atoms with Crippen LogP contribution in [0.3, 0.4) is 0 Å². The highest BCUT2D eigenvalue weighted by Crippen LogP contribution is 2.29. The normalized spacial score (nSPS) is 14.0. The molecule has 24 heavy (non-hydrogen) atoms. The molecular formula is C18H13F3N2O. The second kappa shape index (κ2) is 5.40. The maximum atomic E-state index is 13.4. The van der Waals surface area contributed by atoms with Crippen molar-refractivity contribution in [1.82, 2.24) is 9.88 Å². The molecule has 0 spiro atoms. The highest BCUT2D eigenvalue weighted by molar-refractivity contribution is 5.95. The number of nitrogens with zero attached hydrogens (tertiary/aromatic N) is 1. The largest absolute Gasteiger partial charge is 0.358 e. The highest BCUT2D eigenvalue weighted by Gasteiger charge is 2.25. The van der Waals surface area contributed by atoms with Gasteiger partial charge in [0.25, 0.3) is 5.91 Å². The van der Waals surface area contributed by atoms with Crippen LogP contribution in [0.1, 0.15) is 21.6 Å². The summed E-state index contributed by atoms with van der Waals surface area (Å²) in [5.41, 5.74) is 2.72. The average Bonchev–Trinajstić information content (AvgIpc) is 2.93. The van der Waals surface area contributed by atoms with E-state index in [9.17, 15) is 18.0 Å². The number of H-pyrrole nitrogens is 1. The molecule has 1 aromatic heterocycles. The zero-order chi connectivity index (χ0) is 16.8. The molecule has 122 valence electrons. The van der Waals surface area contributed by atoms with Gasteiger partial charge in [-0.25, -0.2) is 13.2 Å². The van der Waals surface area contributed by atoms with E-state index >= 15 is 0 Å². The molecule has 1 aliphatic heterocycles. The fraction of sp³-hybridized carbons (Fsp3) is 0.167. The van der Waals surface area contributed by atoms with Crippen LogP contribution in [0.2, 0.25) is 0 Å². The molecule has 1 aliphatic rings. The predicted octanol–water partition coefficient (Wildman–Crippen LogP) is 3.78. The summed E-state index contributed by atoms with van der Waals surface area (Å²) in [5, 5.41) is 0.870. The van der Waals surface area contributed by atoms with Gasteiger partial charge in [-0.05, 0) is 36.4 Å². The van der Waals surface area contributed by atoms with E-state index in [1.165, 1.54) is 18.2 Å². The van der Waals surface area contributed by atoms with Gasteiger partial charge in [0.1, 0.15) is 5.82 Å². The zero-order valence-electron chi connectivity index (χ0n) is 12.6. The maximum Gasteiger partial charge on any atom is 0.254 e. The van der Waals surface area contributed by atoms with Crippen molar-refractivity contribution >= 4 is 16.8 Å². The van der Waals surface area contributed by atoms with Gasteiger partial charge in [-0.1, -0.05) is 0 Å². The lowest BCUT2D eigenvalue weighted by Gasteiger charge is -2.27. The van der Waals surface area contributed by atoms with Gasteiger partial charge in [-0.3, -0.25) is 4.79 Å². The van der Waals surface area contributed by atoms with Crippen molar-refractivity contribution in [3.05, 3.63) is 70.7 Å². The van der Waals surface area contributed by atoms with Crippen molar-refractivity contribution in [2.75, 3.05) is 6.54 Å². The summed E-state index contributed by atoms with van der Waals surface area (Å²) in [4.78, 5) is 17.3. The molecule has 0 atom stereocenters. The standard InChI is InChI=1S/C18H13F3N2O/c19-11-2-3-12-13-9-23(6-5-16(13)22-17(12)8-11)18(24)10-1-4-14(20)15(21)7-10/h1-4,7-8,22H,5-6,9H2. The van der Waals surface area contributed by atoms with E-state index < -0.39 is 11.6 Å². The molecule has 0 saturated heterocycles. The van der Waals surface area contributed by atoms with E-state index in [0.29, 0.717) is 25.0 Å². The van der Waals surface area contributed by atoms with E-state index in [1.54, 1.807) is 11.0 Å². The van der Waals surface area contributed by atoms with Crippen LogP contribution in [-0.2, 0) is 13.0 Å². The van der Waals surface area contributed by atoms with Crippen LogP contribution in [-0.4, -0.2) is 22.3 Å². The van der Waals surface area contributed by atoms with Crippen LogP contribution in [0, 0.1) is 17.5 Å². The Hall–Kier alpha value is -2.76. The molecule has 1 N–H and O–H groups in total. The number of fused-ring (bicyclic) bond motifs is 3. The molecule has 6 heteroatoms. The summed E-state index contributed by atoms with van der Waals surface area (Å²) < 4.78 is 39.7. The molecule has 2 heterocycles. The van der Waals surface area contributed by atoms with Crippen molar-refractivity contribution in [1.29, 1.82) is 0 Å². The number of hydrogen-bond acceptors (Lipinski definition) is 1. The van der Waals surface area contributed by atoms with Gasteiger partial charge >= 0.3 is 0 Å². The van der Waals surface area contributed by atoms with E-state index in [2.05, 4.69) is 4.98 Å². The summed E-state index contributed by atoms with van der Waals surface area (Å²) in [6.07, 6.45) is 0.598. The van der Waals surface area contributed by atoms with Crippen LogP contribution >= 0.6 is 0 Å². The number of carbonyl (C=O) groups excluding carboxylic acids is 1. The molecule has 0 aliphatic carbocycles. The van der Waals surface area contributed by atoms with Gasteiger partial charge in [0.2, 0.25) is 0 Å². The molecule has 0 radical (unpaired) electrons. The molecule has 3 aromatic rings. The number of carbonyl (C=O) groups is 1. The molecule has 0 unspecified atom stereocenters. The number of nitrogens with one attached hydrogen (secondary N) is 1. The number of aromatic amines is 1. The average molecular weight is 330 g/mol. The van der Waals surface area contributed by atoms with Gasteiger partial charge in [0.15, 0.2) is 11.6 Å². The van der Waals surface area contributed by atoms with E-state index in [0.717, 1.165) is 28.8 Å². The summed E-state index contributed by atoms with van der Waals surface area (Å²) in [6, 6.07) is 7.64. The third-order valence-corrected chi connectivity index (χ3v) is 4.39. The number of benzene rings is 2. The van der Waals surface area contributed by atoms with Crippen LogP contribution in [0.15, 0.2) is 36.4 Å². The quantitative estimate of drug-likeness (QED) is 0.724. The minimum atomic E-state index is -1.04. The van der Waals surface area contributed by atoms with Crippen molar-refractivity contribution in [3.63, 3.8) is 0 Å². The molecule has 0 bridgehead atoms. The third kappa shape index (κ3) is 2.35. The second-order valence-electron chi connectivity index (χ2n) is 5.88. The Labute approximate surface area is 135 Å². The lowest BCUT2D eigenvalue weighted by Crippen LogP contribution is -2.35. The number of amides is 1. The minimum absolute atomic E-state index is 0.114. The van der Waals surface area contributed by atoms with Gasteiger partial charge in [-0.2, -0.15) is 0 Å². The Balaban J connectivity index is 1.67. The summed E-state index contributed by atoms with van der Waals surface area (Å²) in [7, 11) is 0. The monoisotopic (exact) mass is 330 g/mol. The van der Waals surface area contributed by atoms with Crippen molar-refractivity contribution in [3.8, 4) is 0 Å². The molecule has 3 nitrogen and oxygen atoms in total. The topological polar surface area (TPSA) is 36.1 Å². The van der Waals surface area contributed by atoms with Gasteiger partial charge in [-0.15, -0.1) is 0 Å². The van der Waals surface area contributed by atoms with E-state index in [1.807, 2.05) is 0 Å². The first kappa shape index (κ1) is 14.8. The lowest BCUT2D eigenvalue weighted by molar-refractivity contribution is 0.0734. The SMILES string of the molecule is O=C(c1ccc(F)c(F)c1)N1CCc2[nH]c3cc(F)ccc3c2C1. The lowest BCUT2D eigenvalue weighted by atomic mass is 10.0. The molecular weight excluding hydrogens is 317 g/mol. The predicted molar refractivity (Wildman–Crippen MR) is 83.1 cm³/mol. The Kier molecular flexibility index (Phi) is 3.33. The molecule has 4 rings (SSSR count). The Morgan fingerprint density at radius 3 is 2.67 bits per heavy atom. The van der Waals surface area contributed by atoms with E-state index in [4.69, 9.17) is 0 Å². The highest BCUT2D eigenvalue weighted by atomic mass is 19.2. The second-order valence-corrected chi connectivity index (χ2v) is 5.88. The van der Waals surface area contributed by atoms with E-state index in [-0.39, 0.29) is 17.3 Å². The molecule has 0 fully saturated rings. The fourth-order valence-corrected chi connectivity index (χ4v) is 3.18. The Bertz CT molecular complexity index is 964. The summed E-state index contributed by atoms with van der Waals surface area (Å²) in [5.74, 6) is -2.70. The van der Waals surface area contributed by atoms with Gasteiger partial charge in [0, 0.05) is 47.2 Å². The van der Waals surface area contributed by atoms with Crippen LogP contribution in [0.4, 0.5) is 13.2 Å². The van der Waals surface area contributed by atoms with Crippen molar-refractivity contribution in [2.24, 2.45) is 0 Å². The Morgan fingerprint density at radius 1 is 1.04 bits per heavy atom. The van der Waals surface area contributed by atoms with Gasteiger partial charge < -0.3 is 9.88 Å². The first-order chi connectivity index (χ1) is 11.5. The number of rotatable bonds is 1. The van der Waals surface area contributed by atoms with Crippen molar-refractivity contribution < 1.29 is 18.0 Å². The van der Waals surface area contributed by atoms with Crippen LogP contribution in [0.25, 0.3) is 10.9 Å². The summed E-state index contributed by atoms with van der Waals surface area (Å²) in [6.45, 7) is 0.804. The first-order valence-electron chi connectivity index (χ1n) is 7.56. The molecule has 2 aromatic carbocycles. The molecule has 0 saturated carbocycles. The smallest absolute Gasteiger partial charge is 0.254 e. The minimum Gasteiger partial charge on any atom is -0.358 e. The number of aromatic nitrogens is 1. The van der Waals surface area contributed by atoms with Gasteiger partial charge in [0.05, 0.1) is 0 Å². The summed E-state index contributed by atoms with van der Waals surface area (Å²) >= 11 is 0. The molecule has 1 amide bonds. The maximum absolute atomic E-state index is 13.4. The number of halogens is 3. The number of hydrogen-bond donors (Lipinski definition) is 1. The Morgan fingerprint density at radius 2 is 1.88 bits per heavy atom.